The van der Waals surface area contributed by atoms with Gasteiger partial charge in [-0.15, -0.1) is 20.4 Å². The molecule has 3 aromatic rings. The number of carbonyl (C=O) groups excluding carboxylic acids is 1. The summed E-state index contributed by atoms with van der Waals surface area (Å²) in [5.74, 6) is 0.635. The van der Waals surface area contributed by atoms with Gasteiger partial charge in [-0.3, -0.25) is 4.79 Å². The normalized spacial score (nSPS) is 10.5. The molecule has 10 nitrogen and oxygen atoms in total. The van der Waals surface area contributed by atoms with E-state index in [9.17, 15) is 4.79 Å². The third-order valence-corrected chi connectivity index (χ3v) is 2.75. The lowest BCUT2D eigenvalue weighted by Gasteiger charge is -2.19. The standard InChI is InChI=1S/C11H11N9O/c21-11(8-4-2-1-3-5-8)20(6-9-12-16-17-13-9)7-10-14-18-19-15-10/h1-5H,6-7H2,(H,12,13,16,17)(H,14,15,18,19). The highest BCUT2D eigenvalue weighted by Gasteiger charge is 2.19. The number of tetrazole rings is 2. The van der Waals surface area contributed by atoms with Crippen LogP contribution in [0.4, 0.5) is 0 Å². The molecule has 1 amide bonds. The number of nitrogens with one attached hydrogen (secondary N) is 2. The Balaban J connectivity index is 1.82. The van der Waals surface area contributed by atoms with E-state index in [0.717, 1.165) is 0 Å². The summed E-state index contributed by atoms with van der Waals surface area (Å²) in [6.07, 6.45) is 0. The van der Waals surface area contributed by atoms with E-state index < -0.39 is 0 Å². The molecule has 2 aromatic heterocycles. The van der Waals surface area contributed by atoms with Crippen LogP contribution in [0.15, 0.2) is 30.3 Å². The van der Waals surface area contributed by atoms with Crippen LogP contribution in [0.1, 0.15) is 22.0 Å². The number of nitrogens with zero attached hydrogens (tertiary/aromatic N) is 7. The molecule has 0 saturated carbocycles. The first-order valence-electron chi connectivity index (χ1n) is 6.12. The van der Waals surface area contributed by atoms with E-state index >= 15 is 0 Å². The van der Waals surface area contributed by atoms with Gasteiger partial charge in [-0.05, 0) is 12.1 Å². The molecule has 106 valence electrons. The monoisotopic (exact) mass is 285 g/mol. The van der Waals surface area contributed by atoms with Crippen molar-refractivity contribution in [3.8, 4) is 0 Å². The first-order valence-corrected chi connectivity index (χ1v) is 6.12. The van der Waals surface area contributed by atoms with Crippen molar-refractivity contribution in [1.82, 2.24) is 46.1 Å². The average Bonchev–Trinajstić information content (AvgIpc) is 3.20. The Morgan fingerprint density at radius 2 is 1.52 bits per heavy atom. The lowest BCUT2D eigenvalue weighted by Crippen LogP contribution is -2.31. The molecule has 0 atom stereocenters. The second kappa shape index (κ2) is 5.86. The van der Waals surface area contributed by atoms with Crippen LogP contribution in [0.25, 0.3) is 0 Å². The molecule has 3 rings (SSSR count). The Bertz CT molecular complexity index is 644. The van der Waals surface area contributed by atoms with Crippen molar-refractivity contribution in [2.45, 2.75) is 13.1 Å². The number of aromatic nitrogens is 8. The summed E-state index contributed by atoms with van der Waals surface area (Å²) >= 11 is 0. The Labute approximate surface area is 118 Å². The number of hydrogen-bond donors (Lipinski definition) is 2. The maximum absolute atomic E-state index is 12.6. The SMILES string of the molecule is O=C(c1ccccc1)N(Cc1nn[nH]n1)Cc1nn[nH]n1. The summed E-state index contributed by atoms with van der Waals surface area (Å²) in [6, 6.07) is 8.92. The number of amides is 1. The van der Waals surface area contributed by atoms with E-state index in [1.165, 1.54) is 4.90 Å². The summed E-state index contributed by atoms with van der Waals surface area (Å²) in [4.78, 5) is 14.1. The molecule has 0 unspecified atom stereocenters. The van der Waals surface area contributed by atoms with E-state index in [4.69, 9.17) is 0 Å². The predicted molar refractivity (Wildman–Crippen MR) is 68.4 cm³/mol. The third kappa shape index (κ3) is 3.05. The second-order valence-corrected chi connectivity index (χ2v) is 4.18. The minimum absolute atomic E-state index is 0.176. The van der Waals surface area contributed by atoms with E-state index in [-0.39, 0.29) is 19.0 Å². The zero-order valence-electron chi connectivity index (χ0n) is 10.8. The summed E-state index contributed by atoms with van der Waals surface area (Å²) in [6.45, 7) is 0.386. The van der Waals surface area contributed by atoms with Gasteiger partial charge in [-0.2, -0.15) is 10.4 Å². The lowest BCUT2D eigenvalue weighted by atomic mass is 10.2. The van der Waals surface area contributed by atoms with Crippen LogP contribution in [0, 0.1) is 0 Å². The van der Waals surface area contributed by atoms with E-state index in [1.54, 1.807) is 24.3 Å². The van der Waals surface area contributed by atoms with Gasteiger partial charge in [0.05, 0.1) is 13.1 Å². The van der Waals surface area contributed by atoms with Gasteiger partial charge in [0.2, 0.25) is 0 Å². The molecule has 21 heavy (non-hydrogen) atoms. The van der Waals surface area contributed by atoms with Crippen molar-refractivity contribution < 1.29 is 4.79 Å². The van der Waals surface area contributed by atoms with Gasteiger partial charge in [-0.25, -0.2) is 0 Å². The highest BCUT2D eigenvalue weighted by Crippen LogP contribution is 2.09. The van der Waals surface area contributed by atoms with Crippen molar-refractivity contribution in [2.75, 3.05) is 0 Å². The topological polar surface area (TPSA) is 129 Å². The van der Waals surface area contributed by atoms with Crippen molar-refractivity contribution in [3.63, 3.8) is 0 Å². The fraction of sp³-hybridized carbons (Fsp3) is 0.182. The zero-order valence-corrected chi connectivity index (χ0v) is 10.8. The molecule has 0 aliphatic rings. The Hall–Kier alpha value is -3.17. The molecule has 0 saturated heterocycles. The number of H-pyrrole nitrogens is 2. The fourth-order valence-corrected chi connectivity index (χ4v) is 1.80. The van der Waals surface area contributed by atoms with Crippen molar-refractivity contribution in [2.24, 2.45) is 0 Å². The van der Waals surface area contributed by atoms with Crippen LogP contribution in [0.5, 0.6) is 0 Å². The highest BCUT2D eigenvalue weighted by molar-refractivity contribution is 5.94. The molecule has 0 aliphatic carbocycles. The molecular formula is C11H11N9O. The van der Waals surface area contributed by atoms with Crippen LogP contribution in [0.3, 0.4) is 0 Å². The predicted octanol–water partition coefficient (Wildman–Crippen LogP) is -0.445. The molecule has 1 aromatic carbocycles. The smallest absolute Gasteiger partial charge is 0.254 e. The molecule has 10 heteroatoms. The lowest BCUT2D eigenvalue weighted by molar-refractivity contribution is 0.0721. The van der Waals surface area contributed by atoms with Crippen molar-refractivity contribution in [1.29, 1.82) is 0 Å². The first kappa shape index (κ1) is 12.8. The Morgan fingerprint density at radius 3 is 2.00 bits per heavy atom. The summed E-state index contributed by atoms with van der Waals surface area (Å²) in [7, 11) is 0. The first-order chi connectivity index (χ1) is 10.3. The number of rotatable bonds is 5. The molecule has 0 radical (unpaired) electrons. The summed E-state index contributed by atoms with van der Waals surface area (Å²) in [5, 5.41) is 27.1. The molecule has 0 fully saturated rings. The molecule has 0 aliphatic heterocycles. The van der Waals surface area contributed by atoms with Crippen LogP contribution < -0.4 is 0 Å². The fourth-order valence-electron chi connectivity index (χ4n) is 1.80. The van der Waals surface area contributed by atoms with Crippen molar-refractivity contribution >= 4 is 5.91 Å². The van der Waals surface area contributed by atoms with Gasteiger partial charge in [0, 0.05) is 5.56 Å². The average molecular weight is 285 g/mol. The summed E-state index contributed by atoms with van der Waals surface area (Å²) in [5.41, 5.74) is 0.560. The number of aromatic amines is 2. The Morgan fingerprint density at radius 1 is 0.952 bits per heavy atom. The van der Waals surface area contributed by atoms with Crippen LogP contribution >= 0.6 is 0 Å². The van der Waals surface area contributed by atoms with Gasteiger partial charge >= 0.3 is 0 Å². The summed E-state index contributed by atoms with van der Waals surface area (Å²) < 4.78 is 0. The minimum Gasteiger partial charge on any atom is -0.323 e. The van der Waals surface area contributed by atoms with E-state index in [1.807, 2.05) is 6.07 Å². The maximum Gasteiger partial charge on any atom is 0.254 e. The van der Waals surface area contributed by atoms with Gasteiger partial charge in [0.1, 0.15) is 0 Å². The van der Waals surface area contributed by atoms with Crippen LogP contribution in [-0.4, -0.2) is 52.1 Å². The zero-order chi connectivity index (χ0) is 14.5. The highest BCUT2D eigenvalue weighted by atomic mass is 16.2. The number of carbonyl (C=O) groups is 1. The third-order valence-electron chi connectivity index (χ3n) is 2.75. The van der Waals surface area contributed by atoms with Gasteiger partial charge < -0.3 is 4.90 Å². The minimum atomic E-state index is -0.176. The van der Waals surface area contributed by atoms with Gasteiger partial charge in [0.15, 0.2) is 11.6 Å². The molecule has 0 spiro atoms. The molecular weight excluding hydrogens is 274 g/mol. The van der Waals surface area contributed by atoms with E-state index in [2.05, 4.69) is 41.2 Å². The quantitative estimate of drug-likeness (QED) is 0.649. The number of benzene rings is 1. The van der Waals surface area contributed by atoms with E-state index in [0.29, 0.717) is 17.2 Å². The molecule has 0 bridgehead atoms. The molecule has 2 N–H and O–H groups in total. The Kier molecular flexibility index (Phi) is 3.58. The van der Waals surface area contributed by atoms with Gasteiger partial charge in [-0.1, -0.05) is 28.6 Å². The van der Waals surface area contributed by atoms with Crippen LogP contribution in [-0.2, 0) is 13.1 Å². The second-order valence-electron chi connectivity index (χ2n) is 4.18. The largest absolute Gasteiger partial charge is 0.323 e. The van der Waals surface area contributed by atoms with Gasteiger partial charge in [0.25, 0.3) is 5.91 Å². The molecule has 2 heterocycles. The van der Waals surface area contributed by atoms with Crippen LogP contribution in [0.2, 0.25) is 0 Å². The van der Waals surface area contributed by atoms with Crippen molar-refractivity contribution in [3.05, 3.63) is 47.5 Å². The number of hydrogen-bond acceptors (Lipinski definition) is 7. The maximum atomic E-state index is 12.6.